The van der Waals surface area contributed by atoms with Gasteiger partial charge in [-0.1, -0.05) is 15.9 Å². The van der Waals surface area contributed by atoms with E-state index in [1.54, 1.807) is 11.3 Å². The number of aryl methyl sites for hydroxylation is 1. The minimum Gasteiger partial charge on any atom is -0.133 e. The summed E-state index contributed by atoms with van der Waals surface area (Å²) in [6, 6.07) is 2.15. The average Bonchev–Trinajstić information content (AvgIpc) is 2.10. The van der Waals surface area contributed by atoms with E-state index in [0.29, 0.717) is 0 Å². The topological polar surface area (TPSA) is 0 Å². The number of hydrogen-bond acceptors (Lipinski definition) is 1. The second-order valence-corrected chi connectivity index (χ2v) is 4.96. The van der Waals surface area contributed by atoms with E-state index in [4.69, 9.17) is 0 Å². The Kier molecular flexibility index (Phi) is 2.73. The van der Waals surface area contributed by atoms with Crippen molar-refractivity contribution in [2.75, 3.05) is 0 Å². The van der Waals surface area contributed by atoms with E-state index in [-0.39, 0.29) is 0 Å². The highest BCUT2D eigenvalue weighted by Crippen LogP contribution is 2.27. The van der Waals surface area contributed by atoms with Crippen LogP contribution in [0.3, 0.4) is 0 Å². The Morgan fingerprint density at radius 1 is 1.67 bits per heavy atom. The molecule has 0 N–H and O–H groups in total. The molecule has 3 heteroatoms. The van der Waals surface area contributed by atoms with E-state index < -0.39 is 0 Å². The van der Waals surface area contributed by atoms with Crippen LogP contribution in [0.25, 0.3) is 0 Å². The fourth-order valence-electron chi connectivity index (χ4n) is 0.613. The second kappa shape index (κ2) is 3.17. The van der Waals surface area contributed by atoms with Crippen LogP contribution < -0.4 is 0 Å². The maximum Gasteiger partial charge on any atom is 0.0704 e. The van der Waals surface area contributed by atoms with Crippen LogP contribution in [0, 0.1) is 6.92 Å². The normalized spacial score (nSPS) is 10.1. The third-order valence-corrected chi connectivity index (χ3v) is 3.33. The van der Waals surface area contributed by atoms with Gasteiger partial charge in [-0.05, 0) is 34.5 Å². The second-order valence-electron chi connectivity index (χ2n) is 1.77. The molecule has 1 heterocycles. The van der Waals surface area contributed by atoms with Crippen LogP contribution in [0.1, 0.15) is 10.4 Å². The van der Waals surface area contributed by atoms with Gasteiger partial charge < -0.3 is 0 Å². The van der Waals surface area contributed by atoms with Crippen LogP contribution >= 0.6 is 43.2 Å². The number of halogens is 2. The predicted molar refractivity (Wildman–Crippen MR) is 49.4 cm³/mol. The molecule has 0 aromatic carbocycles. The van der Waals surface area contributed by atoms with Crippen molar-refractivity contribution in [2.45, 2.75) is 12.3 Å². The summed E-state index contributed by atoms with van der Waals surface area (Å²) in [6.45, 7) is 2.13. The molecular formula is C6H6Br2S. The smallest absolute Gasteiger partial charge is 0.0704 e. The SMILES string of the molecule is Cc1sc(Br)cc1CBr. The number of rotatable bonds is 1. The Balaban J connectivity index is 3.01. The van der Waals surface area contributed by atoms with Crippen molar-refractivity contribution < 1.29 is 0 Å². The summed E-state index contributed by atoms with van der Waals surface area (Å²) in [5.74, 6) is 0. The monoisotopic (exact) mass is 268 g/mol. The molecular weight excluding hydrogens is 264 g/mol. The van der Waals surface area contributed by atoms with Crippen LogP contribution in [0.2, 0.25) is 0 Å². The molecule has 0 nitrogen and oxygen atoms in total. The van der Waals surface area contributed by atoms with E-state index in [1.165, 1.54) is 14.2 Å². The first kappa shape index (κ1) is 7.76. The molecule has 0 amide bonds. The van der Waals surface area contributed by atoms with Crippen LogP contribution in [0.5, 0.6) is 0 Å². The third-order valence-electron chi connectivity index (χ3n) is 1.13. The zero-order chi connectivity index (χ0) is 6.85. The van der Waals surface area contributed by atoms with E-state index >= 15 is 0 Å². The minimum absolute atomic E-state index is 0.959. The summed E-state index contributed by atoms with van der Waals surface area (Å²) >= 11 is 8.61. The molecule has 0 unspecified atom stereocenters. The maximum atomic E-state index is 3.42. The van der Waals surface area contributed by atoms with Crippen LogP contribution in [0.4, 0.5) is 0 Å². The molecule has 50 valence electrons. The Morgan fingerprint density at radius 2 is 2.33 bits per heavy atom. The molecule has 0 aliphatic carbocycles. The predicted octanol–water partition coefficient (Wildman–Crippen LogP) is 3.71. The van der Waals surface area contributed by atoms with Gasteiger partial charge in [0.25, 0.3) is 0 Å². The highest BCUT2D eigenvalue weighted by atomic mass is 79.9. The van der Waals surface area contributed by atoms with Gasteiger partial charge in [0.05, 0.1) is 3.79 Å². The van der Waals surface area contributed by atoms with Crippen molar-refractivity contribution in [2.24, 2.45) is 0 Å². The summed E-state index contributed by atoms with van der Waals surface area (Å²) in [5, 5.41) is 0.959. The van der Waals surface area contributed by atoms with Crippen molar-refractivity contribution in [1.82, 2.24) is 0 Å². The van der Waals surface area contributed by atoms with E-state index in [1.807, 2.05) is 0 Å². The van der Waals surface area contributed by atoms with Crippen molar-refractivity contribution >= 4 is 43.2 Å². The fraction of sp³-hybridized carbons (Fsp3) is 0.333. The molecule has 0 radical (unpaired) electrons. The molecule has 1 aromatic heterocycles. The van der Waals surface area contributed by atoms with Crippen molar-refractivity contribution in [3.05, 3.63) is 20.3 Å². The van der Waals surface area contributed by atoms with Gasteiger partial charge in [0, 0.05) is 10.2 Å². The Bertz CT molecular complexity index is 205. The Morgan fingerprint density at radius 3 is 2.56 bits per heavy atom. The van der Waals surface area contributed by atoms with Gasteiger partial charge in [-0.15, -0.1) is 11.3 Å². The van der Waals surface area contributed by atoms with Gasteiger partial charge in [-0.2, -0.15) is 0 Å². The molecule has 0 saturated heterocycles. The molecule has 0 atom stereocenters. The lowest BCUT2D eigenvalue weighted by molar-refractivity contribution is 1.41. The highest BCUT2D eigenvalue weighted by Gasteiger charge is 1.99. The first-order chi connectivity index (χ1) is 4.24. The van der Waals surface area contributed by atoms with Gasteiger partial charge >= 0.3 is 0 Å². The molecule has 0 aliphatic heterocycles. The van der Waals surface area contributed by atoms with Gasteiger partial charge in [0.2, 0.25) is 0 Å². The summed E-state index contributed by atoms with van der Waals surface area (Å²) in [6.07, 6.45) is 0. The molecule has 1 rings (SSSR count). The number of hydrogen-bond donors (Lipinski definition) is 0. The fourth-order valence-corrected chi connectivity index (χ4v) is 3.14. The maximum absolute atomic E-state index is 3.42. The quantitative estimate of drug-likeness (QED) is 0.682. The van der Waals surface area contributed by atoms with Gasteiger partial charge in [0.15, 0.2) is 0 Å². The minimum atomic E-state index is 0.959. The van der Waals surface area contributed by atoms with Crippen LogP contribution in [0.15, 0.2) is 9.85 Å². The van der Waals surface area contributed by atoms with Gasteiger partial charge in [0.1, 0.15) is 0 Å². The highest BCUT2D eigenvalue weighted by molar-refractivity contribution is 9.11. The number of alkyl halides is 1. The summed E-state index contributed by atoms with van der Waals surface area (Å²) < 4.78 is 1.22. The molecule has 9 heavy (non-hydrogen) atoms. The Hall–Kier alpha value is 0.660. The van der Waals surface area contributed by atoms with Crippen molar-refractivity contribution in [3.8, 4) is 0 Å². The molecule has 0 aliphatic rings. The lowest BCUT2D eigenvalue weighted by Gasteiger charge is -1.86. The first-order valence-corrected chi connectivity index (χ1v) is 5.28. The molecule has 1 aromatic rings. The van der Waals surface area contributed by atoms with Crippen molar-refractivity contribution in [1.29, 1.82) is 0 Å². The lowest BCUT2D eigenvalue weighted by Crippen LogP contribution is -1.70. The average molecular weight is 270 g/mol. The Labute approximate surface area is 75.5 Å². The standard InChI is InChI=1S/C6H6Br2S/c1-4-5(3-7)2-6(8)9-4/h2H,3H2,1H3. The zero-order valence-electron chi connectivity index (χ0n) is 4.95. The number of thiophene rings is 1. The summed E-state index contributed by atoms with van der Waals surface area (Å²) in [7, 11) is 0. The molecule has 0 fully saturated rings. The molecule has 0 bridgehead atoms. The summed E-state index contributed by atoms with van der Waals surface area (Å²) in [4.78, 5) is 1.39. The van der Waals surface area contributed by atoms with E-state index in [0.717, 1.165) is 5.33 Å². The van der Waals surface area contributed by atoms with Gasteiger partial charge in [-0.25, -0.2) is 0 Å². The van der Waals surface area contributed by atoms with E-state index in [2.05, 4.69) is 44.8 Å². The largest absolute Gasteiger partial charge is 0.133 e. The first-order valence-electron chi connectivity index (χ1n) is 2.55. The van der Waals surface area contributed by atoms with Crippen LogP contribution in [-0.2, 0) is 5.33 Å². The van der Waals surface area contributed by atoms with E-state index in [9.17, 15) is 0 Å². The molecule has 0 saturated carbocycles. The lowest BCUT2D eigenvalue weighted by atomic mass is 10.3. The zero-order valence-corrected chi connectivity index (χ0v) is 8.94. The van der Waals surface area contributed by atoms with Gasteiger partial charge in [-0.3, -0.25) is 0 Å². The third kappa shape index (κ3) is 1.79. The van der Waals surface area contributed by atoms with Crippen LogP contribution in [-0.4, -0.2) is 0 Å². The summed E-state index contributed by atoms with van der Waals surface area (Å²) in [5.41, 5.74) is 1.38. The van der Waals surface area contributed by atoms with Crippen molar-refractivity contribution in [3.63, 3.8) is 0 Å². The molecule has 0 spiro atoms.